The van der Waals surface area contributed by atoms with E-state index in [0.29, 0.717) is 0 Å². The summed E-state index contributed by atoms with van der Waals surface area (Å²) in [6.45, 7) is 0.256. The van der Waals surface area contributed by atoms with E-state index in [4.69, 9.17) is 0 Å². The molecule has 2 aromatic heterocycles. The first-order chi connectivity index (χ1) is 8.74. The van der Waals surface area contributed by atoms with Gasteiger partial charge in [0.2, 0.25) is 6.54 Å². The molecular weight excluding hydrogens is 314 g/mol. The van der Waals surface area contributed by atoms with E-state index in [9.17, 15) is 4.79 Å². The van der Waals surface area contributed by atoms with Crippen molar-refractivity contribution in [1.29, 1.82) is 0 Å². The molecule has 2 rings (SSSR count). The largest absolute Gasteiger partial charge is 0.305 e. The van der Waals surface area contributed by atoms with Crippen molar-refractivity contribution in [3.8, 4) is 0 Å². The molecule has 0 unspecified atom stereocenters. The van der Waals surface area contributed by atoms with Crippen LogP contribution in [0, 0.1) is 0 Å². The highest BCUT2D eigenvalue weighted by molar-refractivity contribution is 9.11. The fourth-order valence-electron chi connectivity index (χ4n) is 1.31. The third-order valence-electron chi connectivity index (χ3n) is 2.08. The number of hydrogen-bond acceptors (Lipinski definition) is 3. The first-order valence-electron chi connectivity index (χ1n) is 5.25. The van der Waals surface area contributed by atoms with Crippen LogP contribution in [0.15, 0.2) is 51.6 Å². The second kappa shape index (κ2) is 6.42. The van der Waals surface area contributed by atoms with Crippen LogP contribution in [0.5, 0.6) is 0 Å². The van der Waals surface area contributed by atoms with Gasteiger partial charge in [0.05, 0.1) is 10.0 Å². The topological polar surface area (TPSA) is 45.3 Å². The molecule has 2 heterocycles. The Balaban J connectivity index is 1.83. The van der Waals surface area contributed by atoms with Crippen LogP contribution in [0.4, 0.5) is 0 Å². The number of amides is 1. The number of carbonyl (C=O) groups excluding carboxylic acids is 1. The molecule has 4 nitrogen and oxygen atoms in total. The maximum absolute atomic E-state index is 11.6. The third-order valence-corrected chi connectivity index (χ3v) is 3.64. The molecule has 0 saturated carbocycles. The van der Waals surface area contributed by atoms with Crippen LogP contribution < -0.4 is 9.99 Å². The Morgan fingerprint density at radius 2 is 2.17 bits per heavy atom. The molecule has 0 aliphatic carbocycles. The van der Waals surface area contributed by atoms with Crippen LogP contribution in [0.1, 0.15) is 4.88 Å². The van der Waals surface area contributed by atoms with E-state index in [1.807, 2.05) is 42.7 Å². The summed E-state index contributed by atoms with van der Waals surface area (Å²) in [6.07, 6.45) is 5.29. The van der Waals surface area contributed by atoms with E-state index in [1.54, 1.807) is 22.1 Å². The number of hydrazone groups is 1. The average molecular weight is 325 g/mol. The lowest BCUT2D eigenvalue weighted by Crippen LogP contribution is -2.40. The maximum atomic E-state index is 11.6. The first kappa shape index (κ1) is 12.9. The van der Waals surface area contributed by atoms with Gasteiger partial charge in [0.1, 0.15) is 0 Å². The molecule has 6 heteroatoms. The van der Waals surface area contributed by atoms with Crippen LogP contribution in [0.2, 0.25) is 0 Å². The smallest absolute Gasteiger partial charge is 0.266 e. The van der Waals surface area contributed by atoms with Gasteiger partial charge in [0, 0.05) is 17.0 Å². The zero-order valence-corrected chi connectivity index (χ0v) is 11.8. The molecule has 1 N–H and O–H groups in total. The van der Waals surface area contributed by atoms with Crippen molar-refractivity contribution in [2.45, 2.75) is 6.54 Å². The second-order valence-electron chi connectivity index (χ2n) is 3.48. The van der Waals surface area contributed by atoms with E-state index < -0.39 is 0 Å². The van der Waals surface area contributed by atoms with Crippen molar-refractivity contribution in [2.75, 3.05) is 0 Å². The minimum atomic E-state index is -0.155. The highest BCUT2D eigenvalue weighted by atomic mass is 79.9. The Labute approximate surface area is 117 Å². The van der Waals surface area contributed by atoms with Crippen molar-refractivity contribution in [3.63, 3.8) is 0 Å². The predicted octanol–water partition coefficient (Wildman–Crippen LogP) is 1.95. The van der Waals surface area contributed by atoms with Crippen LogP contribution in [-0.2, 0) is 11.3 Å². The van der Waals surface area contributed by atoms with Gasteiger partial charge in [-0.1, -0.05) is 6.07 Å². The second-order valence-corrected chi connectivity index (χ2v) is 5.98. The summed E-state index contributed by atoms with van der Waals surface area (Å²) in [5.74, 6) is -0.155. The Morgan fingerprint density at radius 3 is 2.83 bits per heavy atom. The molecule has 92 valence electrons. The SMILES string of the molecule is O=C(C[n+]1ccccc1)NN=Cc1ccc(Br)s1. The van der Waals surface area contributed by atoms with Gasteiger partial charge in [-0.25, -0.2) is 5.43 Å². The molecule has 1 amide bonds. The van der Waals surface area contributed by atoms with Gasteiger partial charge >= 0.3 is 5.91 Å². The molecule has 0 fully saturated rings. The number of hydrogen-bond donors (Lipinski definition) is 1. The van der Waals surface area contributed by atoms with Gasteiger partial charge in [0.25, 0.3) is 0 Å². The Kier molecular flexibility index (Phi) is 4.60. The van der Waals surface area contributed by atoms with E-state index in [-0.39, 0.29) is 12.5 Å². The molecule has 0 aromatic carbocycles. The summed E-state index contributed by atoms with van der Waals surface area (Å²) < 4.78 is 2.82. The van der Waals surface area contributed by atoms with Gasteiger partial charge in [-0.3, -0.25) is 4.79 Å². The standard InChI is InChI=1S/C12H10BrN3OS/c13-11-5-4-10(18-11)8-14-15-12(17)9-16-6-2-1-3-7-16/h1-8H,9H2/p+1. The monoisotopic (exact) mass is 324 g/mol. The third kappa shape index (κ3) is 4.05. The maximum Gasteiger partial charge on any atom is 0.305 e. The van der Waals surface area contributed by atoms with E-state index in [2.05, 4.69) is 26.5 Å². The zero-order valence-electron chi connectivity index (χ0n) is 9.41. The lowest BCUT2D eigenvalue weighted by Gasteiger charge is -1.95. The van der Waals surface area contributed by atoms with Gasteiger partial charge in [0.15, 0.2) is 12.4 Å². The van der Waals surface area contributed by atoms with Gasteiger partial charge in [-0.2, -0.15) is 9.67 Å². The number of thiophene rings is 1. The van der Waals surface area contributed by atoms with Crippen molar-refractivity contribution >= 4 is 39.4 Å². The van der Waals surface area contributed by atoms with Crippen LogP contribution >= 0.6 is 27.3 Å². The predicted molar refractivity (Wildman–Crippen MR) is 74.4 cm³/mol. The molecule has 2 aromatic rings. The van der Waals surface area contributed by atoms with Crippen molar-refractivity contribution in [3.05, 3.63) is 51.4 Å². The van der Waals surface area contributed by atoms with Crippen molar-refractivity contribution in [2.24, 2.45) is 5.10 Å². The number of nitrogens with one attached hydrogen (secondary N) is 1. The number of aromatic nitrogens is 1. The molecule has 18 heavy (non-hydrogen) atoms. The molecule has 0 radical (unpaired) electrons. The summed E-state index contributed by atoms with van der Waals surface area (Å²) >= 11 is 4.92. The van der Waals surface area contributed by atoms with Crippen LogP contribution in [0.25, 0.3) is 0 Å². The molecule has 0 aliphatic heterocycles. The van der Waals surface area contributed by atoms with E-state index in [0.717, 1.165) is 8.66 Å². The molecule has 0 atom stereocenters. The number of nitrogens with zero attached hydrogens (tertiary/aromatic N) is 2. The molecule has 0 saturated heterocycles. The highest BCUT2D eigenvalue weighted by Crippen LogP contribution is 2.20. The molecular formula is C12H11BrN3OS+. The number of rotatable bonds is 4. The van der Waals surface area contributed by atoms with Gasteiger partial charge in [-0.15, -0.1) is 11.3 Å². The fourth-order valence-corrected chi connectivity index (χ4v) is 2.60. The highest BCUT2D eigenvalue weighted by Gasteiger charge is 2.06. The number of carbonyl (C=O) groups is 1. The Bertz CT molecular complexity index is 553. The Morgan fingerprint density at radius 1 is 1.39 bits per heavy atom. The summed E-state index contributed by atoms with van der Waals surface area (Å²) in [4.78, 5) is 12.5. The first-order valence-corrected chi connectivity index (χ1v) is 6.86. The fraction of sp³-hybridized carbons (Fsp3) is 0.0833. The molecule has 0 spiro atoms. The average Bonchev–Trinajstić information content (AvgIpc) is 2.76. The minimum absolute atomic E-state index is 0.155. The summed E-state index contributed by atoms with van der Waals surface area (Å²) in [6, 6.07) is 9.52. The van der Waals surface area contributed by atoms with E-state index >= 15 is 0 Å². The van der Waals surface area contributed by atoms with Crippen LogP contribution in [0.3, 0.4) is 0 Å². The summed E-state index contributed by atoms with van der Waals surface area (Å²) in [5, 5.41) is 3.90. The molecule has 0 aliphatic rings. The molecule has 0 bridgehead atoms. The normalized spacial score (nSPS) is 10.7. The van der Waals surface area contributed by atoms with Crippen molar-refractivity contribution in [1.82, 2.24) is 5.43 Å². The summed E-state index contributed by atoms with van der Waals surface area (Å²) in [5.41, 5.74) is 2.49. The lowest BCUT2D eigenvalue weighted by molar-refractivity contribution is -0.684. The van der Waals surface area contributed by atoms with E-state index in [1.165, 1.54) is 0 Å². The quantitative estimate of drug-likeness (QED) is 0.521. The van der Waals surface area contributed by atoms with Crippen LogP contribution in [-0.4, -0.2) is 12.1 Å². The zero-order chi connectivity index (χ0) is 12.8. The minimum Gasteiger partial charge on any atom is -0.266 e. The lowest BCUT2D eigenvalue weighted by atomic mass is 10.4. The number of pyridine rings is 1. The number of halogens is 1. The van der Waals surface area contributed by atoms with Gasteiger partial charge < -0.3 is 0 Å². The summed E-state index contributed by atoms with van der Waals surface area (Å²) in [7, 11) is 0. The van der Waals surface area contributed by atoms with Crippen molar-refractivity contribution < 1.29 is 9.36 Å². The Hall–Kier alpha value is -1.53. The van der Waals surface area contributed by atoms with Gasteiger partial charge in [-0.05, 0) is 28.1 Å².